The molecule has 1 aliphatic heterocycles. The first-order valence-electron chi connectivity index (χ1n) is 6.39. The van der Waals surface area contributed by atoms with E-state index in [-0.39, 0.29) is 25.4 Å². The molecule has 1 aromatic rings. The van der Waals surface area contributed by atoms with Gasteiger partial charge in [-0.25, -0.2) is 4.79 Å². The molecule has 0 saturated carbocycles. The van der Waals surface area contributed by atoms with Gasteiger partial charge in [0, 0.05) is 20.0 Å². The van der Waals surface area contributed by atoms with E-state index in [0.717, 1.165) is 4.90 Å². The Morgan fingerprint density at radius 2 is 2.19 bits per heavy atom. The summed E-state index contributed by atoms with van der Waals surface area (Å²) < 4.78 is 0. The number of thiophene rings is 1. The second kappa shape index (κ2) is 6.23. The lowest BCUT2D eigenvalue weighted by atomic mass is 10.2. The predicted molar refractivity (Wildman–Crippen MR) is 75.0 cm³/mol. The molecule has 21 heavy (non-hydrogen) atoms. The molecule has 2 rings (SSSR count). The molecule has 2 heterocycles. The molecule has 2 amide bonds. The number of rotatable bonds is 4. The fourth-order valence-electron chi connectivity index (χ4n) is 2.28. The van der Waals surface area contributed by atoms with Crippen LogP contribution in [-0.2, 0) is 9.59 Å². The summed E-state index contributed by atoms with van der Waals surface area (Å²) in [5.41, 5.74) is 0. The van der Waals surface area contributed by atoms with Crippen LogP contribution in [0.3, 0.4) is 0 Å². The number of likely N-dealkylation sites (tertiary alicyclic amines) is 1. The van der Waals surface area contributed by atoms with E-state index in [0.29, 0.717) is 4.88 Å². The fourth-order valence-corrected chi connectivity index (χ4v) is 2.99. The summed E-state index contributed by atoms with van der Waals surface area (Å²) in [5.74, 6) is -1.91. The number of aliphatic hydroxyl groups is 1. The Hall–Kier alpha value is -1.93. The van der Waals surface area contributed by atoms with Crippen molar-refractivity contribution in [2.45, 2.75) is 18.6 Å². The van der Waals surface area contributed by atoms with Crippen LogP contribution in [0.5, 0.6) is 0 Å². The fraction of sp³-hybridized carbons (Fsp3) is 0.462. The van der Waals surface area contributed by atoms with Gasteiger partial charge in [-0.15, -0.1) is 11.3 Å². The molecule has 1 aliphatic rings. The Labute approximate surface area is 125 Å². The molecule has 1 fully saturated rings. The van der Waals surface area contributed by atoms with Crippen molar-refractivity contribution in [3.63, 3.8) is 0 Å². The van der Waals surface area contributed by atoms with Gasteiger partial charge in [0.05, 0.1) is 17.5 Å². The SMILES string of the molecule is CN(CC(=O)N1C[C@H](O)C[C@H]1C(=O)O)C(=O)c1cccs1. The van der Waals surface area contributed by atoms with E-state index in [1.54, 1.807) is 17.5 Å². The first-order valence-corrected chi connectivity index (χ1v) is 7.27. The highest BCUT2D eigenvalue weighted by Gasteiger charge is 2.39. The van der Waals surface area contributed by atoms with Gasteiger partial charge in [-0.05, 0) is 11.4 Å². The third kappa shape index (κ3) is 3.40. The topological polar surface area (TPSA) is 98.2 Å². The van der Waals surface area contributed by atoms with Gasteiger partial charge < -0.3 is 20.0 Å². The van der Waals surface area contributed by atoms with E-state index in [4.69, 9.17) is 5.11 Å². The lowest BCUT2D eigenvalue weighted by molar-refractivity contribution is -0.148. The molecule has 8 heteroatoms. The summed E-state index contributed by atoms with van der Waals surface area (Å²) in [6.45, 7) is -0.232. The van der Waals surface area contributed by atoms with Gasteiger partial charge in [-0.1, -0.05) is 6.07 Å². The monoisotopic (exact) mass is 312 g/mol. The van der Waals surface area contributed by atoms with Crippen LogP contribution in [0.25, 0.3) is 0 Å². The number of amides is 2. The number of hydrogen-bond acceptors (Lipinski definition) is 5. The van der Waals surface area contributed by atoms with E-state index >= 15 is 0 Å². The van der Waals surface area contributed by atoms with E-state index in [2.05, 4.69) is 0 Å². The number of carbonyl (C=O) groups excluding carboxylic acids is 2. The Morgan fingerprint density at radius 1 is 1.48 bits per heavy atom. The average Bonchev–Trinajstić information content (AvgIpc) is 3.06. The molecule has 0 spiro atoms. The maximum absolute atomic E-state index is 12.2. The Balaban J connectivity index is 2.00. The van der Waals surface area contributed by atoms with Gasteiger partial charge >= 0.3 is 5.97 Å². The number of carboxylic acid groups (broad SMARTS) is 1. The van der Waals surface area contributed by atoms with Crippen molar-refractivity contribution < 1.29 is 24.6 Å². The zero-order valence-electron chi connectivity index (χ0n) is 11.4. The molecule has 0 aromatic carbocycles. The molecule has 7 nitrogen and oxygen atoms in total. The molecule has 114 valence electrons. The molecule has 0 bridgehead atoms. The number of aliphatic hydroxyl groups excluding tert-OH is 1. The maximum Gasteiger partial charge on any atom is 0.326 e. The van der Waals surface area contributed by atoms with Crippen LogP contribution in [0.15, 0.2) is 17.5 Å². The van der Waals surface area contributed by atoms with Gasteiger partial charge in [0.2, 0.25) is 5.91 Å². The molecule has 2 atom stereocenters. The first kappa shape index (κ1) is 15.5. The van der Waals surface area contributed by atoms with Gasteiger partial charge in [-0.3, -0.25) is 9.59 Å². The van der Waals surface area contributed by atoms with Crippen molar-refractivity contribution in [3.8, 4) is 0 Å². The van der Waals surface area contributed by atoms with Crippen LogP contribution < -0.4 is 0 Å². The van der Waals surface area contributed by atoms with Crippen molar-refractivity contribution >= 4 is 29.1 Å². The van der Waals surface area contributed by atoms with Crippen LogP contribution in [0.2, 0.25) is 0 Å². The van der Waals surface area contributed by atoms with Gasteiger partial charge in [0.1, 0.15) is 6.04 Å². The zero-order valence-corrected chi connectivity index (χ0v) is 12.2. The highest BCUT2D eigenvalue weighted by Crippen LogP contribution is 2.19. The second-order valence-electron chi connectivity index (χ2n) is 4.93. The van der Waals surface area contributed by atoms with E-state index in [1.807, 2.05) is 0 Å². The Bertz CT molecular complexity index is 545. The number of likely N-dealkylation sites (N-methyl/N-ethyl adjacent to an activating group) is 1. The summed E-state index contributed by atoms with van der Waals surface area (Å²) in [6, 6.07) is 2.37. The lowest BCUT2D eigenvalue weighted by Crippen LogP contribution is -2.46. The number of hydrogen-bond donors (Lipinski definition) is 2. The maximum atomic E-state index is 12.2. The number of β-amino-alcohol motifs (C(OH)–C–C–N with tert-alkyl or cyclic N) is 1. The summed E-state index contributed by atoms with van der Waals surface area (Å²) in [6.07, 6.45) is -0.822. The Morgan fingerprint density at radius 3 is 2.76 bits per heavy atom. The second-order valence-corrected chi connectivity index (χ2v) is 5.88. The van der Waals surface area contributed by atoms with Crippen molar-refractivity contribution in [2.75, 3.05) is 20.1 Å². The van der Waals surface area contributed by atoms with Crippen molar-refractivity contribution in [1.82, 2.24) is 9.80 Å². The van der Waals surface area contributed by atoms with Crippen molar-refractivity contribution in [1.29, 1.82) is 0 Å². The molecule has 1 saturated heterocycles. The van der Waals surface area contributed by atoms with Crippen molar-refractivity contribution in [3.05, 3.63) is 22.4 Å². The quantitative estimate of drug-likeness (QED) is 0.807. The van der Waals surface area contributed by atoms with E-state index in [9.17, 15) is 19.5 Å². The number of carbonyl (C=O) groups is 3. The van der Waals surface area contributed by atoms with Crippen LogP contribution in [0.1, 0.15) is 16.1 Å². The third-order valence-electron chi connectivity index (χ3n) is 3.34. The smallest absolute Gasteiger partial charge is 0.326 e. The van der Waals surface area contributed by atoms with E-state index < -0.39 is 24.0 Å². The molecular weight excluding hydrogens is 296 g/mol. The summed E-state index contributed by atoms with van der Waals surface area (Å²) in [7, 11) is 1.49. The van der Waals surface area contributed by atoms with Crippen LogP contribution in [-0.4, -0.2) is 70.1 Å². The molecule has 0 radical (unpaired) electrons. The molecule has 0 aliphatic carbocycles. The first-order chi connectivity index (χ1) is 9.90. The standard InChI is InChI=1S/C13H16N2O5S/c1-14(12(18)10-3-2-4-21-10)7-11(17)15-6-8(16)5-9(15)13(19)20/h2-4,8-9,16H,5-7H2,1H3,(H,19,20)/t8-,9+/m1/s1. The van der Waals surface area contributed by atoms with Gasteiger partial charge in [0.15, 0.2) is 0 Å². The highest BCUT2D eigenvalue weighted by molar-refractivity contribution is 7.12. The van der Waals surface area contributed by atoms with E-state index in [1.165, 1.54) is 23.3 Å². The minimum atomic E-state index is -1.15. The normalized spacial score (nSPS) is 21.3. The van der Waals surface area contributed by atoms with Gasteiger partial charge in [0.25, 0.3) is 5.91 Å². The predicted octanol–water partition coefficient (Wildman–Crippen LogP) is -0.134. The summed E-state index contributed by atoms with van der Waals surface area (Å²) in [4.78, 5) is 38.2. The minimum absolute atomic E-state index is 0.0170. The largest absolute Gasteiger partial charge is 0.480 e. The van der Waals surface area contributed by atoms with Crippen molar-refractivity contribution in [2.24, 2.45) is 0 Å². The third-order valence-corrected chi connectivity index (χ3v) is 4.19. The van der Waals surface area contributed by atoms with Crippen LogP contribution in [0, 0.1) is 0 Å². The Kier molecular flexibility index (Phi) is 4.59. The molecule has 2 N–H and O–H groups in total. The summed E-state index contributed by atoms with van der Waals surface area (Å²) in [5, 5.41) is 20.3. The van der Waals surface area contributed by atoms with Crippen LogP contribution in [0.4, 0.5) is 0 Å². The number of nitrogens with zero attached hydrogens (tertiary/aromatic N) is 2. The lowest BCUT2D eigenvalue weighted by Gasteiger charge is -2.24. The number of carboxylic acids is 1. The summed E-state index contributed by atoms with van der Waals surface area (Å²) >= 11 is 1.27. The number of aliphatic carboxylic acids is 1. The highest BCUT2D eigenvalue weighted by atomic mass is 32.1. The minimum Gasteiger partial charge on any atom is -0.480 e. The zero-order chi connectivity index (χ0) is 15.6. The molecule has 1 aromatic heterocycles. The van der Waals surface area contributed by atoms with Crippen LogP contribution >= 0.6 is 11.3 Å². The average molecular weight is 312 g/mol. The van der Waals surface area contributed by atoms with Gasteiger partial charge in [-0.2, -0.15) is 0 Å². The molecule has 0 unspecified atom stereocenters. The molecular formula is C13H16N2O5S.